The Labute approximate surface area is 62.2 Å². The molecule has 2 aliphatic rings. The average molecular weight is 140 g/mol. The van der Waals surface area contributed by atoms with E-state index in [1.165, 1.54) is 25.7 Å². The summed E-state index contributed by atoms with van der Waals surface area (Å²) in [5.41, 5.74) is 5.43. The van der Waals surface area contributed by atoms with Gasteiger partial charge in [-0.15, -0.1) is 0 Å². The van der Waals surface area contributed by atoms with Crippen LogP contribution < -0.4 is 11.1 Å². The Balaban J connectivity index is 1.90. The van der Waals surface area contributed by atoms with E-state index in [-0.39, 0.29) is 0 Å². The fourth-order valence-corrected chi connectivity index (χ4v) is 2.65. The van der Waals surface area contributed by atoms with Crippen LogP contribution in [0.15, 0.2) is 0 Å². The number of nitrogens with two attached hydrogens (primary N) is 1. The second kappa shape index (κ2) is 2.51. The third-order valence-corrected chi connectivity index (χ3v) is 3.12. The number of hydrogen-bond acceptors (Lipinski definition) is 2. The molecule has 2 rings (SSSR count). The SMILES string of the molecule is NCNC1CC2CCC1C2. The molecule has 0 aromatic carbocycles. The van der Waals surface area contributed by atoms with Crippen LogP contribution in [0.1, 0.15) is 25.7 Å². The fourth-order valence-electron chi connectivity index (χ4n) is 2.65. The highest BCUT2D eigenvalue weighted by Crippen LogP contribution is 2.44. The van der Waals surface area contributed by atoms with Crippen molar-refractivity contribution >= 4 is 0 Å². The van der Waals surface area contributed by atoms with E-state index in [1.807, 2.05) is 0 Å². The third-order valence-electron chi connectivity index (χ3n) is 3.12. The minimum atomic E-state index is 0.661. The first-order valence-electron chi connectivity index (χ1n) is 4.33. The molecular weight excluding hydrogens is 124 g/mol. The fraction of sp³-hybridized carbons (Fsp3) is 1.00. The minimum absolute atomic E-state index is 0.661. The summed E-state index contributed by atoms with van der Waals surface area (Å²) in [5, 5.41) is 3.35. The molecule has 2 nitrogen and oxygen atoms in total. The summed E-state index contributed by atoms with van der Waals surface area (Å²) >= 11 is 0. The van der Waals surface area contributed by atoms with Crippen LogP contribution in [-0.4, -0.2) is 12.7 Å². The third kappa shape index (κ3) is 0.956. The first kappa shape index (κ1) is 6.62. The van der Waals surface area contributed by atoms with E-state index < -0.39 is 0 Å². The summed E-state index contributed by atoms with van der Waals surface area (Å²) in [7, 11) is 0. The Morgan fingerprint density at radius 2 is 2.20 bits per heavy atom. The van der Waals surface area contributed by atoms with Crippen molar-refractivity contribution in [3.05, 3.63) is 0 Å². The monoisotopic (exact) mass is 140 g/mol. The van der Waals surface area contributed by atoms with Crippen molar-refractivity contribution in [1.82, 2.24) is 5.32 Å². The smallest absolute Gasteiger partial charge is 0.0430 e. The molecule has 0 saturated heterocycles. The van der Waals surface area contributed by atoms with E-state index in [1.54, 1.807) is 0 Å². The lowest BCUT2D eigenvalue weighted by Gasteiger charge is -2.21. The lowest BCUT2D eigenvalue weighted by Crippen LogP contribution is -2.37. The van der Waals surface area contributed by atoms with Crippen molar-refractivity contribution in [3.63, 3.8) is 0 Å². The molecule has 2 fully saturated rings. The predicted octanol–water partition coefficient (Wildman–Crippen LogP) is 0.681. The zero-order valence-corrected chi connectivity index (χ0v) is 6.34. The highest BCUT2D eigenvalue weighted by molar-refractivity contribution is 4.93. The van der Waals surface area contributed by atoms with Gasteiger partial charge in [-0.1, -0.05) is 6.42 Å². The second-order valence-corrected chi connectivity index (χ2v) is 3.69. The van der Waals surface area contributed by atoms with Gasteiger partial charge in [0.05, 0.1) is 0 Å². The van der Waals surface area contributed by atoms with Crippen LogP contribution in [0, 0.1) is 11.8 Å². The van der Waals surface area contributed by atoms with Crippen LogP contribution in [0.5, 0.6) is 0 Å². The van der Waals surface area contributed by atoms with E-state index in [0.717, 1.165) is 17.9 Å². The van der Waals surface area contributed by atoms with Crippen molar-refractivity contribution in [3.8, 4) is 0 Å². The zero-order valence-electron chi connectivity index (χ0n) is 6.34. The molecule has 0 radical (unpaired) electrons. The van der Waals surface area contributed by atoms with Gasteiger partial charge in [0.2, 0.25) is 0 Å². The second-order valence-electron chi connectivity index (χ2n) is 3.69. The van der Waals surface area contributed by atoms with E-state index in [4.69, 9.17) is 5.73 Å². The lowest BCUT2D eigenvalue weighted by atomic mass is 9.96. The van der Waals surface area contributed by atoms with Gasteiger partial charge < -0.3 is 11.1 Å². The molecule has 0 amide bonds. The first-order chi connectivity index (χ1) is 4.90. The van der Waals surface area contributed by atoms with Crippen molar-refractivity contribution in [2.75, 3.05) is 6.67 Å². The van der Waals surface area contributed by atoms with Crippen molar-refractivity contribution in [2.24, 2.45) is 17.6 Å². The molecule has 58 valence electrons. The molecule has 2 bridgehead atoms. The topological polar surface area (TPSA) is 38.0 Å². The molecule has 0 aromatic rings. The first-order valence-corrected chi connectivity index (χ1v) is 4.33. The molecule has 2 heteroatoms. The van der Waals surface area contributed by atoms with Gasteiger partial charge in [-0.05, 0) is 31.1 Å². The van der Waals surface area contributed by atoms with Crippen LogP contribution in [0.4, 0.5) is 0 Å². The Kier molecular flexibility index (Phi) is 1.66. The lowest BCUT2D eigenvalue weighted by molar-refractivity contribution is 0.356. The molecule has 10 heavy (non-hydrogen) atoms. The van der Waals surface area contributed by atoms with Crippen molar-refractivity contribution in [2.45, 2.75) is 31.7 Å². The quantitative estimate of drug-likeness (QED) is 0.554. The Morgan fingerprint density at radius 1 is 1.30 bits per heavy atom. The normalized spacial score (nSPS) is 44.7. The van der Waals surface area contributed by atoms with E-state index >= 15 is 0 Å². The maximum atomic E-state index is 5.43. The van der Waals surface area contributed by atoms with E-state index in [9.17, 15) is 0 Å². The molecule has 0 aromatic heterocycles. The van der Waals surface area contributed by atoms with Gasteiger partial charge in [0, 0.05) is 12.7 Å². The number of hydrogen-bond donors (Lipinski definition) is 2. The maximum Gasteiger partial charge on any atom is 0.0430 e. The molecular formula is C8H16N2. The standard InChI is InChI=1S/C8H16N2/c9-5-10-8-4-6-1-2-7(8)3-6/h6-8,10H,1-5,9H2. The van der Waals surface area contributed by atoms with Crippen molar-refractivity contribution < 1.29 is 0 Å². The summed E-state index contributed by atoms with van der Waals surface area (Å²) in [6, 6.07) is 0.767. The Hall–Kier alpha value is -0.0800. The Morgan fingerprint density at radius 3 is 2.70 bits per heavy atom. The predicted molar refractivity (Wildman–Crippen MR) is 41.4 cm³/mol. The van der Waals surface area contributed by atoms with Gasteiger partial charge in [0.15, 0.2) is 0 Å². The molecule has 0 heterocycles. The summed E-state index contributed by atoms with van der Waals surface area (Å²) < 4.78 is 0. The summed E-state index contributed by atoms with van der Waals surface area (Å²) in [4.78, 5) is 0. The molecule has 2 aliphatic carbocycles. The molecule has 2 saturated carbocycles. The van der Waals surface area contributed by atoms with Gasteiger partial charge in [0.1, 0.15) is 0 Å². The van der Waals surface area contributed by atoms with E-state index in [2.05, 4.69) is 5.32 Å². The van der Waals surface area contributed by atoms with Crippen molar-refractivity contribution in [1.29, 1.82) is 0 Å². The zero-order chi connectivity index (χ0) is 6.97. The summed E-state index contributed by atoms with van der Waals surface area (Å²) in [6.07, 6.45) is 5.79. The molecule has 0 spiro atoms. The van der Waals surface area contributed by atoms with Crippen LogP contribution in [-0.2, 0) is 0 Å². The van der Waals surface area contributed by atoms with Gasteiger partial charge >= 0.3 is 0 Å². The molecule has 0 aliphatic heterocycles. The van der Waals surface area contributed by atoms with Gasteiger partial charge in [-0.2, -0.15) is 0 Å². The number of nitrogens with one attached hydrogen (secondary N) is 1. The van der Waals surface area contributed by atoms with Gasteiger partial charge in [-0.3, -0.25) is 0 Å². The van der Waals surface area contributed by atoms with Crippen LogP contribution in [0.3, 0.4) is 0 Å². The molecule has 3 unspecified atom stereocenters. The molecule has 3 atom stereocenters. The maximum absolute atomic E-state index is 5.43. The van der Waals surface area contributed by atoms with Crippen LogP contribution in [0.25, 0.3) is 0 Å². The summed E-state index contributed by atoms with van der Waals surface area (Å²) in [6.45, 7) is 0.661. The largest absolute Gasteiger partial charge is 0.318 e. The van der Waals surface area contributed by atoms with Gasteiger partial charge in [0.25, 0.3) is 0 Å². The number of fused-ring (bicyclic) bond motifs is 2. The highest BCUT2D eigenvalue weighted by Gasteiger charge is 2.38. The van der Waals surface area contributed by atoms with Gasteiger partial charge in [-0.25, -0.2) is 0 Å². The van der Waals surface area contributed by atoms with Crippen LogP contribution in [0.2, 0.25) is 0 Å². The summed E-state index contributed by atoms with van der Waals surface area (Å²) in [5.74, 6) is 2.00. The Bertz CT molecular complexity index is 124. The average Bonchev–Trinajstić information content (AvgIpc) is 2.48. The van der Waals surface area contributed by atoms with Crippen LogP contribution >= 0.6 is 0 Å². The highest BCUT2D eigenvalue weighted by atomic mass is 15.0. The minimum Gasteiger partial charge on any atom is -0.318 e. The number of rotatable bonds is 2. The van der Waals surface area contributed by atoms with E-state index in [0.29, 0.717) is 6.67 Å². The molecule has 3 N–H and O–H groups in total.